The molecule has 0 radical (unpaired) electrons. The predicted molar refractivity (Wildman–Crippen MR) is 87.3 cm³/mol. The lowest BCUT2D eigenvalue weighted by Gasteiger charge is -2.19. The second-order valence-electron chi connectivity index (χ2n) is 5.90. The van der Waals surface area contributed by atoms with Crippen molar-refractivity contribution < 1.29 is 32.5 Å². The number of aliphatic hydroxyl groups excluding tert-OH is 1. The molecule has 0 saturated carbocycles. The van der Waals surface area contributed by atoms with Gasteiger partial charge in [-0.1, -0.05) is 12.1 Å². The number of halogens is 3. The minimum Gasteiger partial charge on any atom is -0.512 e. The zero-order valence-corrected chi connectivity index (χ0v) is 13.5. The monoisotopic (exact) mass is 364 g/mol. The van der Waals surface area contributed by atoms with Crippen molar-refractivity contribution in [3.05, 3.63) is 65.9 Å². The first kappa shape index (κ1) is 17.8. The van der Waals surface area contributed by atoms with Gasteiger partial charge in [0, 0.05) is 18.9 Å². The molecule has 0 bridgehead atoms. The molecule has 26 heavy (non-hydrogen) atoms. The van der Waals surface area contributed by atoms with Crippen LogP contribution in [0.4, 0.5) is 13.2 Å². The molecule has 4 nitrogen and oxygen atoms in total. The lowest BCUT2D eigenvalue weighted by Crippen LogP contribution is -2.16. The van der Waals surface area contributed by atoms with Crippen LogP contribution >= 0.6 is 0 Å². The Balaban J connectivity index is 1.64. The number of carbonyl (C=O) groups is 1. The van der Waals surface area contributed by atoms with Gasteiger partial charge in [-0.25, -0.2) is 0 Å². The molecule has 1 unspecified atom stereocenters. The zero-order chi connectivity index (χ0) is 18.7. The van der Waals surface area contributed by atoms with E-state index in [1.807, 2.05) is 0 Å². The van der Waals surface area contributed by atoms with E-state index in [9.17, 15) is 23.1 Å². The minimum absolute atomic E-state index is 0.0766. The van der Waals surface area contributed by atoms with Crippen molar-refractivity contribution in [2.45, 2.75) is 25.1 Å². The number of allylic oxidation sites excluding steroid dienone is 2. The van der Waals surface area contributed by atoms with Crippen molar-refractivity contribution in [3.8, 4) is 17.2 Å². The van der Waals surface area contributed by atoms with Gasteiger partial charge in [0.15, 0.2) is 5.78 Å². The van der Waals surface area contributed by atoms with Gasteiger partial charge in [0.1, 0.15) is 17.2 Å². The number of hydrogen-bond acceptors (Lipinski definition) is 4. The van der Waals surface area contributed by atoms with Crippen molar-refractivity contribution in [2.75, 3.05) is 0 Å². The Morgan fingerprint density at radius 3 is 1.96 bits per heavy atom. The van der Waals surface area contributed by atoms with Gasteiger partial charge in [-0.05, 0) is 47.9 Å². The van der Waals surface area contributed by atoms with Crippen LogP contribution in [0.5, 0.6) is 17.2 Å². The molecule has 2 aromatic rings. The molecule has 3 rings (SSSR count). The standard InChI is InChI=1S/C19H15F3O4/c20-19(21,22)26-18-7-5-17(6-8-18)25-16-3-1-12(2-4-16)13-9-14(23)11-15(24)10-13/h1-8,11,13,23H,9-10H2. The molecular formula is C19H15F3O4. The van der Waals surface area contributed by atoms with Gasteiger partial charge in [-0.2, -0.15) is 0 Å². The fourth-order valence-electron chi connectivity index (χ4n) is 2.76. The molecular weight excluding hydrogens is 349 g/mol. The summed E-state index contributed by atoms with van der Waals surface area (Å²) in [7, 11) is 0. The predicted octanol–water partition coefficient (Wildman–Crippen LogP) is 5.27. The Kier molecular flexibility index (Phi) is 4.88. The largest absolute Gasteiger partial charge is 0.573 e. The molecule has 1 aliphatic carbocycles. The summed E-state index contributed by atoms with van der Waals surface area (Å²) in [5.41, 5.74) is 0.902. The van der Waals surface area contributed by atoms with Crippen molar-refractivity contribution in [1.29, 1.82) is 0 Å². The maximum Gasteiger partial charge on any atom is 0.573 e. The fraction of sp³-hybridized carbons (Fsp3) is 0.211. The van der Waals surface area contributed by atoms with Crippen LogP contribution in [0, 0.1) is 0 Å². The third-order valence-electron chi connectivity index (χ3n) is 3.88. The summed E-state index contributed by atoms with van der Waals surface area (Å²) in [5, 5.41) is 9.59. The number of alkyl halides is 3. The van der Waals surface area contributed by atoms with Crippen molar-refractivity contribution >= 4 is 5.78 Å². The van der Waals surface area contributed by atoms with Gasteiger partial charge < -0.3 is 14.6 Å². The highest BCUT2D eigenvalue weighted by molar-refractivity contribution is 5.91. The smallest absolute Gasteiger partial charge is 0.512 e. The van der Waals surface area contributed by atoms with Gasteiger partial charge in [0.25, 0.3) is 0 Å². The number of rotatable bonds is 4. The molecule has 0 saturated heterocycles. The van der Waals surface area contributed by atoms with E-state index < -0.39 is 6.36 Å². The van der Waals surface area contributed by atoms with Crippen molar-refractivity contribution in [2.24, 2.45) is 0 Å². The second-order valence-corrected chi connectivity index (χ2v) is 5.90. The van der Waals surface area contributed by atoms with Gasteiger partial charge in [-0.3, -0.25) is 4.79 Å². The maximum atomic E-state index is 12.1. The van der Waals surface area contributed by atoms with Crippen LogP contribution in [0.15, 0.2) is 60.4 Å². The summed E-state index contributed by atoms with van der Waals surface area (Å²) < 4.78 is 45.8. The highest BCUT2D eigenvalue weighted by Gasteiger charge is 2.31. The number of ketones is 1. The molecule has 7 heteroatoms. The minimum atomic E-state index is -4.73. The summed E-state index contributed by atoms with van der Waals surface area (Å²) in [4.78, 5) is 11.5. The fourth-order valence-corrected chi connectivity index (χ4v) is 2.76. The molecule has 0 spiro atoms. The van der Waals surface area contributed by atoms with Crippen LogP contribution in [-0.2, 0) is 4.79 Å². The molecule has 1 atom stereocenters. The average Bonchev–Trinajstić information content (AvgIpc) is 2.55. The molecule has 0 aliphatic heterocycles. The molecule has 136 valence electrons. The molecule has 2 aromatic carbocycles. The SMILES string of the molecule is O=C1C=C(O)CC(c2ccc(Oc3ccc(OC(F)(F)F)cc3)cc2)C1. The van der Waals surface area contributed by atoms with E-state index in [1.54, 1.807) is 24.3 Å². The highest BCUT2D eigenvalue weighted by atomic mass is 19.4. The molecule has 0 amide bonds. The first-order valence-corrected chi connectivity index (χ1v) is 7.84. The Bertz CT molecular complexity index is 808. The first-order valence-electron chi connectivity index (χ1n) is 7.84. The number of carbonyl (C=O) groups excluding carboxylic acids is 1. The summed E-state index contributed by atoms with van der Waals surface area (Å²) in [6.45, 7) is 0. The Hall–Kier alpha value is -2.96. The lowest BCUT2D eigenvalue weighted by atomic mass is 9.86. The van der Waals surface area contributed by atoms with Crippen LogP contribution in [-0.4, -0.2) is 17.3 Å². The van der Waals surface area contributed by atoms with E-state index in [1.165, 1.54) is 30.3 Å². The molecule has 0 heterocycles. The molecule has 0 aromatic heterocycles. The maximum absolute atomic E-state index is 12.1. The topological polar surface area (TPSA) is 55.8 Å². The lowest BCUT2D eigenvalue weighted by molar-refractivity contribution is -0.274. The second kappa shape index (κ2) is 7.11. The van der Waals surface area contributed by atoms with Crippen LogP contribution < -0.4 is 9.47 Å². The number of ether oxygens (including phenoxy) is 2. The summed E-state index contributed by atoms with van der Waals surface area (Å²) >= 11 is 0. The summed E-state index contributed by atoms with van der Waals surface area (Å²) in [5.74, 6) is 0.421. The van der Waals surface area contributed by atoms with E-state index >= 15 is 0 Å². The van der Waals surface area contributed by atoms with E-state index in [-0.39, 0.29) is 23.2 Å². The highest BCUT2D eigenvalue weighted by Crippen LogP contribution is 2.32. The van der Waals surface area contributed by atoms with E-state index in [0.29, 0.717) is 24.3 Å². The zero-order valence-electron chi connectivity index (χ0n) is 13.5. The van der Waals surface area contributed by atoms with Crippen molar-refractivity contribution in [1.82, 2.24) is 0 Å². The Labute approximate surface area is 147 Å². The normalized spacial score (nSPS) is 17.6. The van der Waals surface area contributed by atoms with E-state index in [0.717, 1.165) is 5.56 Å². The Morgan fingerprint density at radius 1 is 0.885 bits per heavy atom. The first-order chi connectivity index (χ1) is 12.3. The number of hydrogen-bond donors (Lipinski definition) is 1. The molecule has 0 fully saturated rings. The van der Waals surface area contributed by atoms with Crippen LogP contribution in [0.3, 0.4) is 0 Å². The average molecular weight is 364 g/mol. The summed E-state index contributed by atoms with van der Waals surface area (Å²) in [6, 6.07) is 12.1. The third-order valence-corrected chi connectivity index (χ3v) is 3.88. The number of aliphatic hydroxyl groups is 1. The van der Waals surface area contributed by atoms with Gasteiger partial charge in [0.05, 0.1) is 5.76 Å². The third kappa shape index (κ3) is 4.78. The van der Waals surface area contributed by atoms with E-state index in [4.69, 9.17) is 4.74 Å². The van der Waals surface area contributed by atoms with Crippen LogP contribution in [0.25, 0.3) is 0 Å². The van der Waals surface area contributed by atoms with Crippen molar-refractivity contribution in [3.63, 3.8) is 0 Å². The van der Waals surface area contributed by atoms with Gasteiger partial charge in [-0.15, -0.1) is 13.2 Å². The van der Waals surface area contributed by atoms with Gasteiger partial charge >= 0.3 is 6.36 Å². The van der Waals surface area contributed by atoms with Crippen LogP contribution in [0.1, 0.15) is 24.3 Å². The number of benzene rings is 2. The summed E-state index contributed by atoms with van der Waals surface area (Å²) in [6.07, 6.45) is -2.74. The van der Waals surface area contributed by atoms with E-state index in [2.05, 4.69) is 4.74 Å². The van der Waals surface area contributed by atoms with Gasteiger partial charge in [0.2, 0.25) is 0 Å². The molecule has 1 aliphatic rings. The Morgan fingerprint density at radius 2 is 1.42 bits per heavy atom. The molecule has 1 N–H and O–H groups in total. The van der Waals surface area contributed by atoms with Crippen LogP contribution in [0.2, 0.25) is 0 Å². The quantitative estimate of drug-likeness (QED) is 0.803.